The summed E-state index contributed by atoms with van der Waals surface area (Å²) in [7, 11) is 0. The lowest BCUT2D eigenvalue weighted by Gasteiger charge is -2.30. The van der Waals surface area contributed by atoms with Gasteiger partial charge in [-0.15, -0.1) is 0 Å². The normalized spacial score (nSPS) is 15.9. The molecule has 15 heavy (non-hydrogen) atoms. The highest BCUT2D eigenvalue weighted by Gasteiger charge is 2.21. The number of hydrogen-bond donors (Lipinski definition) is 0. The first-order chi connectivity index (χ1) is 7.18. The third-order valence-corrected chi connectivity index (χ3v) is 2.58. The molecular formula is C11H20FN3. The SMILES string of the molecule is CC.CC(C)N1CCn2ncc(F)c2C1. The molecule has 0 aromatic carbocycles. The van der Waals surface area contributed by atoms with Gasteiger partial charge in [-0.25, -0.2) is 4.39 Å². The van der Waals surface area contributed by atoms with Gasteiger partial charge in [0.25, 0.3) is 0 Å². The summed E-state index contributed by atoms with van der Waals surface area (Å²) in [5, 5.41) is 3.97. The fourth-order valence-corrected chi connectivity index (χ4v) is 1.67. The third kappa shape index (κ3) is 2.56. The number of hydrogen-bond acceptors (Lipinski definition) is 2. The molecule has 0 fully saturated rings. The van der Waals surface area contributed by atoms with E-state index in [0.717, 1.165) is 18.8 Å². The van der Waals surface area contributed by atoms with Crippen LogP contribution in [0.5, 0.6) is 0 Å². The Kier molecular flexibility index (Phi) is 4.27. The van der Waals surface area contributed by atoms with Gasteiger partial charge >= 0.3 is 0 Å². The minimum Gasteiger partial charge on any atom is -0.293 e. The number of nitrogens with zero attached hydrogens (tertiary/aromatic N) is 3. The Balaban J connectivity index is 0.000000531. The smallest absolute Gasteiger partial charge is 0.165 e. The fourth-order valence-electron chi connectivity index (χ4n) is 1.67. The van der Waals surface area contributed by atoms with E-state index in [4.69, 9.17) is 0 Å². The average molecular weight is 213 g/mol. The zero-order chi connectivity index (χ0) is 11.4. The maximum atomic E-state index is 13.2. The highest BCUT2D eigenvalue weighted by molar-refractivity contribution is 5.06. The Morgan fingerprint density at radius 2 is 2.00 bits per heavy atom. The van der Waals surface area contributed by atoms with Crippen molar-refractivity contribution in [3.05, 3.63) is 17.7 Å². The molecule has 0 N–H and O–H groups in total. The van der Waals surface area contributed by atoms with E-state index >= 15 is 0 Å². The molecule has 3 nitrogen and oxygen atoms in total. The third-order valence-electron chi connectivity index (χ3n) is 2.58. The first-order valence-corrected chi connectivity index (χ1v) is 5.62. The van der Waals surface area contributed by atoms with E-state index in [0.29, 0.717) is 12.6 Å². The summed E-state index contributed by atoms with van der Waals surface area (Å²) in [6.07, 6.45) is 1.30. The predicted molar refractivity (Wildman–Crippen MR) is 59.1 cm³/mol. The number of rotatable bonds is 1. The average Bonchev–Trinajstić information content (AvgIpc) is 2.63. The van der Waals surface area contributed by atoms with Gasteiger partial charge in [0, 0.05) is 19.1 Å². The van der Waals surface area contributed by atoms with Crippen molar-refractivity contribution in [2.45, 2.75) is 46.8 Å². The van der Waals surface area contributed by atoms with E-state index in [1.165, 1.54) is 6.20 Å². The minimum absolute atomic E-state index is 0.176. The van der Waals surface area contributed by atoms with E-state index in [-0.39, 0.29) is 5.82 Å². The quantitative estimate of drug-likeness (QED) is 0.713. The zero-order valence-corrected chi connectivity index (χ0v) is 10.00. The van der Waals surface area contributed by atoms with Crippen molar-refractivity contribution >= 4 is 0 Å². The van der Waals surface area contributed by atoms with Crippen LogP contribution in [0.25, 0.3) is 0 Å². The van der Waals surface area contributed by atoms with Crippen LogP contribution in [-0.4, -0.2) is 27.3 Å². The van der Waals surface area contributed by atoms with Gasteiger partial charge in [0.1, 0.15) is 0 Å². The molecule has 0 saturated heterocycles. The predicted octanol–water partition coefficient (Wildman–Crippen LogP) is 2.27. The lowest BCUT2D eigenvalue weighted by Crippen LogP contribution is -2.38. The van der Waals surface area contributed by atoms with Gasteiger partial charge in [0.15, 0.2) is 5.82 Å². The molecule has 0 atom stereocenters. The summed E-state index contributed by atoms with van der Waals surface area (Å²) in [6, 6.07) is 0.475. The molecule has 0 saturated carbocycles. The summed E-state index contributed by atoms with van der Waals surface area (Å²) in [4.78, 5) is 2.25. The highest BCUT2D eigenvalue weighted by atomic mass is 19.1. The van der Waals surface area contributed by atoms with Crippen molar-refractivity contribution in [2.24, 2.45) is 0 Å². The standard InChI is InChI=1S/C9H14FN3.C2H6/c1-7(2)12-3-4-13-9(6-12)8(10)5-11-13;1-2/h5,7H,3-4,6H2,1-2H3;1-2H3. The number of halogens is 1. The molecule has 0 unspecified atom stereocenters. The van der Waals surface area contributed by atoms with Gasteiger partial charge < -0.3 is 0 Å². The van der Waals surface area contributed by atoms with Crippen molar-refractivity contribution in [3.63, 3.8) is 0 Å². The summed E-state index contributed by atoms with van der Waals surface area (Å²) >= 11 is 0. The van der Waals surface area contributed by atoms with Crippen LogP contribution in [0.4, 0.5) is 4.39 Å². The highest BCUT2D eigenvalue weighted by Crippen LogP contribution is 2.16. The van der Waals surface area contributed by atoms with Crippen LogP contribution in [0.15, 0.2) is 6.20 Å². The van der Waals surface area contributed by atoms with Gasteiger partial charge in [0.2, 0.25) is 0 Å². The van der Waals surface area contributed by atoms with Gasteiger partial charge in [-0.3, -0.25) is 9.58 Å². The molecule has 4 heteroatoms. The summed E-state index contributed by atoms with van der Waals surface area (Å²) in [6.45, 7) is 10.7. The Morgan fingerprint density at radius 1 is 1.33 bits per heavy atom. The second-order valence-corrected chi connectivity index (χ2v) is 3.73. The van der Waals surface area contributed by atoms with E-state index in [1.807, 2.05) is 13.8 Å². The van der Waals surface area contributed by atoms with Crippen molar-refractivity contribution in [1.29, 1.82) is 0 Å². The molecule has 1 aliphatic rings. The van der Waals surface area contributed by atoms with Crippen LogP contribution in [0, 0.1) is 5.82 Å². The Hall–Kier alpha value is -0.900. The lowest BCUT2D eigenvalue weighted by atomic mass is 10.2. The van der Waals surface area contributed by atoms with Crippen LogP contribution in [0.1, 0.15) is 33.4 Å². The maximum Gasteiger partial charge on any atom is 0.165 e. The maximum absolute atomic E-state index is 13.2. The largest absolute Gasteiger partial charge is 0.293 e. The number of aromatic nitrogens is 2. The van der Waals surface area contributed by atoms with Crippen molar-refractivity contribution in [1.82, 2.24) is 14.7 Å². The first-order valence-electron chi connectivity index (χ1n) is 5.62. The van der Waals surface area contributed by atoms with E-state index in [9.17, 15) is 4.39 Å². The zero-order valence-electron chi connectivity index (χ0n) is 10.00. The van der Waals surface area contributed by atoms with E-state index in [1.54, 1.807) is 4.68 Å². The Morgan fingerprint density at radius 3 is 2.60 bits per heavy atom. The summed E-state index contributed by atoms with van der Waals surface area (Å²) in [5.74, 6) is -0.176. The van der Waals surface area contributed by atoms with Crippen molar-refractivity contribution in [2.75, 3.05) is 6.54 Å². The molecule has 2 heterocycles. The molecule has 0 amide bonds. The molecule has 1 aliphatic heterocycles. The molecule has 0 bridgehead atoms. The van der Waals surface area contributed by atoms with Crippen LogP contribution < -0.4 is 0 Å². The van der Waals surface area contributed by atoms with Crippen LogP contribution in [0.2, 0.25) is 0 Å². The molecular weight excluding hydrogens is 193 g/mol. The Bertz CT molecular complexity index is 307. The van der Waals surface area contributed by atoms with Crippen molar-refractivity contribution < 1.29 is 4.39 Å². The van der Waals surface area contributed by atoms with Gasteiger partial charge in [0.05, 0.1) is 18.4 Å². The van der Waals surface area contributed by atoms with Crippen LogP contribution >= 0.6 is 0 Å². The molecule has 1 aromatic heterocycles. The Labute approximate surface area is 90.9 Å². The lowest BCUT2D eigenvalue weighted by molar-refractivity contribution is 0.167. The number of fused-ring (bicyclic) bond motifs is 1. The topological polar surface area (TPSA) is 21.1 Å². The van der Waals surface area contributed by atoms with E-state index in [2.05, 4.69) is 23.8 Å². The molecule has 0 aliphatic carbocycles. The molecule has 86 valence electrons. The fraction of sp³-hybridized carbons (Fsp3) is 0.727. The summed E-state index contributed by atoms with van der Waals surface area (Å²) in [5.41, 5.74) is 0.722. The molecule has 1 aromatic rings. The van der Waals surface area contributed by atoms with Gasteiger partial charge in [-0.2, -0.15) is 5.10 Å². The van der Waals surface area contributed by atoms with Gasteiger partial charge in [-0.1, -0.05) is 13.8 Å². The summed E-state index contributed by atoms with van der Waals surface area (Å²) < 4.78 is 14.9. The second kappa shape index (κ2) is 5.26. The van der Waals surface area contributed by atoms with Crippen molar-refractivity contribution in [3.8, 4) is 0 Å². The second-order valence-electron chi connectivity index (χ2n) is 3.73. The van der Waals surface area contributed by atoms with E-state index < -0.39 is 0 Å². The molecule has 2 rings (SSSR count). The van der Waals surface area contributed by atoms with Crippen LogP contribution in [0.3, 0.4) is 0 Å². The minimum atomic E-state index is -0.176. The monoisotopic (exact) mass is 213 g/mol. The van der Waals surface area contributed by atoms with Crippen LogP contribution in [-0.2, 0) is 13.1 Å². The first kappa shape index (κ1) is 12.2. The molecule has 0 spiro atoms. The van der Waals surface area contributed by atoms with Gasteiger partial charge in [-0.05, 0) is 13.8 Å². The molecule has 0 radical (unpaired) electrons.